The largest absolute Gasteiger partial charge is 0.497 e. The number of hydrogen-bond donors (Lipinski definition) is 0. The van der Waals surface area contributed by atoms with Crippen LogP contribution in [0, 0.1) is 0 Å². The van der Waals surface area contributed by atoms with Gasteiger partial charge in [0.1, 0.15) is 23.9 Å². The molecule has 0 N–H and O–H groups in total. The molecule has 4 rings (SSSR count). The molecule has 0 fully saturated rings. The summed E-state index contributed by atoms with van der Waals surface area (Å²) in [7, 11) is 1.61. The fourth-order valence-corrected chi connectivity index (χ4v) is 3.62. The zero-order valence-corrected chi connectivity index (χ0v) is 16.4. The van der Waals surface area contributed by atoms with E-state index in [4.69, 9.17) is 9.47 Å². The maximum atomic E-state index is 12.4. The Hall–Kier alpha value is -3.52. The van der Waals surface area contributed by atoms with E-state index in [1.165, 1.54) is 22.2 Å². The Kier molecular flexibility index (Phi) is 5.35. The van der Waals surface area contributed by atoms with Crippen LogP contribution in [0.25, 0.3) is 21.5 Å². The van der Waals surface area contributed by atoms with Crippen molar-refractivity contribution in [2.24, 2.45) is 0 Å². The fourth-order valence-electron chi connectivity index (χ4n) is 2.82. The van der Waals surface area contributed by atoms with E-state index >= 15 is 0 Å². The number of hydrogen-bond acceptors (Lipinski definition) is 7. The van der Waals surface area contributed by atoms with E-state index in [2.05, 4.69) is 9.97 Å². The Morgan fingerprint density at radius 3 is 2.90 bits per heavy atom. The van der Waals surface area contributed by atoms with Gasteiger partial charge >= 0.3 is 5.97 Å². The van der Waals surface area contributed by atoms with Gasteiger partial charge in [0.15, 0.2) is 0 Å². The summed E-state index contributed by atoms with van der Waals surface area (Å²) in [4.78, 5) is 33.3. The predicted molar refractivity (Wildman–Crippen MR) is 110 cm³/mol. The average molecular weight is 407 g/mol. The molecular formula is C21H17N3O4S. The van der Waals surface area contributed by atoms with Crippen molar-refractivity contribution in [3.05, 3.63) is 76.3 Å². The lowest BCUT2D eigenvalue weighted by molar-refractivity contribution is -0.145. The van der Waals surface area contributed by atoms with Crippen molar-refractivity contribution in [1.29, 1.82) is 0 Å². The Morgan fingerprint density at radius 1 is 1.17 bits per heavy atom. The molecule has 4 aromatic rings. The van der Waals surface area contributed by atoms with Gasteiger partial charge in [0.2, 0.25) is 0 Å². The van der Waals surface area contributed by atoms with Crippen LogP contribution in [0.2, 0.25) is 0 Å². The number of carbonyl (C=O) groups excluding carboxylic acids is 1. The molecule has 0 bridgehead atoms. The zero-order valence-electron chi connectivity index (χ0n) is 15.6. The van der Waals surface area contributed by atoms with Crippen LogP contribution in [0.3, 0.4) is 0 Å². The van der Waals surface area contributed by atoms with Gasteiger partial charge < -0.3 is 9.47 Å². The summed E-state index contributed by atoms with van der Waals surface area (Å²) in [6.07, 6.45) is 1.36. The van der Waals surface area contributed by atoms with Crippen molar-refractivity contribution in [3.63, 3.8) is 0 Å². The van der Waals surface area contributed by atoms with Crippen LogP contribution >= 0.6 is 11.3 Å². The van der Waals surface area contributed by atoms with E-state index < -0.39 is 5.97 Å². The summed E-state index contributed by atoms with van der Waals surface area (Å²) in [5.74, 6) is 0.222. The minimum Gasteiger partial charge on any atom is -0.497 e. The van der Waals surface area contributed by atoms with Gasteiger partial charge in [-0.05, 0) is 24.3 Å². The molecule has 0 aliphatic heterocycles. The number of para-hydroxylation sites is 1. The first-order valence-corrected chi connectivity index (χ1v) is 9.70. The number of methoxy groups -OCH3 is 1. The highest BCUT2D eigenvalue weighted by molar-refractivity contribution is 7.13. The third-order valence-electron chi connectivity index (χ3n) is 4.28. The van der Waals surface area contributed by atoms with Gasteiger partial charge in [-0.3, -0.25) is 14.2 Å². The number of esters is 1. The highest BCUT2D eigenvalue weighted by Gasteiger charge is 2.11. The molecule has 29 heavy (non-hydrogen) atoms. The SMILES string of the molecule is COc1cccc(-c2nc(COC(=O)Cn3cnc4ccccc4c3=O)cs2)c1. The van der Waals surface area contributed by atoms with Crippen molar-refractivity contribution in [1.82, 2.24) is 14.5 Å². The summed E-state index contributed by atoms with van der Waals surface area (Å²) in [5.41, 5.74) is 1.89. The average Bonchev–Trinajstić information content (AvgIpc) is 3.24. The van der Waals surface area contributed by atoms with E-state index in [-0.39, 0.29) is 18.7 Å². The molecule has 0 atom stereocenters. The number of nitrogens with zero attached hydrogens (tertiary/aromatic N) is 3. The van der Waals surface area contributed by atoms with Crippen LogP contribution in [-0.4, -0.2) is 27.6 Å². The number of benzene rings is 2. The molecule has 0 saturated heterocycles. The maximum Gasteiger partial charge on any atom is 0.326 e. The van der Waals surface area contributed by atoms with Gasteiger partial charge in [0.05, 0.1) is 30.0 Å². The second kappa shape index (κ2) is 8.24. The Morgan fingerprint density at radius 2 is 2.03 bits per heavy atom. The number of ether oxygens (including phenoxy) is 2. The van der Waals surface area contributed by atoms with E-state index in [1.807, 2.05) is 29.6 Å². The second-order valence-electron chi connectivity index (χ2n) is 6.23. The van der Waals surface area contributed by atoms with Gasteiger partial charge in [0.25, 0.3) is 5.56 Å². The molecule has 0 aliphatic carbocycles. The molecule has 7 nitrogen and oxygen atoms in total. The number of rotatable bonds is 6. The van der Waals surface area contributed by atoms with Gasteiger partial charge in [-0.1, -0.05) is 24.3 Å². The highest BCUT2D eigenvalue weighted by Crippen LogP contribution is 2.27. The Labute approximate surface area is 170 Å². The van der Waals surface area contributed by atoms with Crippen molar-refractivity contribution in [3.8, 4) is 16.3 Å². The zero-order chi connectivity index (χ0) is 20.2. The van der Waals surface area contributed by atoms with Crippen LogP contribution in [0.4, 0.5) is 0 Å². The van der Waals surface area contributed by atoms with Crippen molar-refractivity contribution < 1.29 is 14.3 Å². The molecule has 0 radical (unpaired) electrons. The summed E-state index contributed by atoms with van der Waals surface area (Å²) in [6, 6.07) is 14.6. The van der Waals surface area contributed by atoms with Gasteiger partial charge in [-0.15, -0.1) is 11.3 Å². The normalized spacial score (nSPS) is 10.8. The van der Waals surface area contributed by atoms with E-state index in [0.29, 0.717) is 16.6 Å². The van der Waals surface area contributed by atoms with Gasteiger partial charge in [-0.25, -0.2) is 9.97 Å². The highest BCUT2D eigenvalue weighted by atomic mass is 32.1. The number of fused-ring (bicyclic) bond motifs is 1. The van der Waals surface area contributed by atoms with E-state index in [0.717, 1.165) is 16.3 Å². The van der Waals surface area contributed by atoms with Crippen molar-refractivity contribution in [2.75, 3.05) is 7.11 Å². The monoisotopic (exact) mass is 407 g/mol. The summed E-state index contributed by atoms with van der Waals surface area (Å²) < 4.78 is 11.8. The first-order valence-electron chi connectivity index (χ1n) is 8.82. The number of aromatic nitrogens is 3. The molecule has 2 aromatic heterocycles. The van der Waals surface area contributed by atoms with Gasteiger partial charge in [0, 0.05) is 10.9 Å². The smallest absolute Gasteiger partial charge is 0.326 e. The molecule has 2 heterocycles. The van der Waals surface area contributed by atoms with E-state index in [9.17, 15) is 9.59 Å². The third-order valence-corrected chi connectivity index (χ3v) is 5.22. The minimum absolute atomic E-state index is 0.0368. The lowest BCUT2D eigenvalue weighted by Crippen LogP contribution is -2.25. The molecule has 0 aliphatic rings. The molecular weight excluding hydrogens is 390 g/mol. The predicted octanol–water partition coefficient (Wildman–Crippen LogP) is 3.27. The van der Waals surface area contributed by atoms with Crippen LogP contribution in [0.5, 0.6) is 5.75 Å². The van der Waals surface area contributed by atoms with Crippen LogP contribution in [0.15, 0.2) is 65.0 Å². The molecule has 146 valence electrons. The first-order chi connectivity index (χ1) is 14.1. The van der Waals surface area contributed by atoms with Crippen molar-refractivity contribution in [2.45, 2.75) is 13.2 Å². The van der Waals surface area contributed by atoms with Crippen LogP contribution in [-0.2, 0) is 22.7 Å². The second-order valence-corrected chi connectivity index (χ2v) is 7.09. The Balaban J connectivity index is 1.41. The third kappa shape index (κ3) is 4.17. The number of carbonyl (C=O) groups is 1. The van der Waals surface area contributed by atoms with Gasteiger partial charge in [-0.2, -0.15) is 0 Å². The summed E-state index contributed by atoms with van der Waals surface area (Å²) >= 11 is 1.46. The van der Waals surface area contributed by atoms with Crippen LogP contribution in [0.1, 0.15) is 5.69 Å². The van der Waals surface area contributed by atoms with Crippen molar-refractivity contribution >= 4 is 28.2 Å². The quantitative estimate of drug-likeness (QED) is 0.456. The molecule has 0 amide bonds. The molecule has 8 heteroatoms. The summed E-state index contributed by atoms with van der Waals surface area (Å²) in [5, 5.41) is 3.11. The maximum absolute atomic E-state index is 12.4. The lowest BCUT2D eigenvalue weighted by atomic mass is 10.2. The first kappa shape index (κ1) is 18.8. The Bertz CT molecular complexity index is 1230. The fraction of sp³-hybridized carbons (Fsp3) is 0.143. The standard InChI is InChI=1S/C21H17N3O4S/c1-27-16-6-4-5-14(9-16)20-23-15(12-29-20)11-28-19(25)10-24-13-22-18-8-3-2-7-17(18)21(24)26/h2-9,12-13H,10-11H2,1H3. The molecule has 0 unspecified atom stereocenters. The molecule has 2 aromatic carbocycles. The summed E-state index contributed by atoms with van der Waals surface area (Å²) in [6.45, 7) is -0.168. The van der Waals surface area contributed by atoms with E-state index in [1.54, 1.807) is 31.4 Å². The minimum atomic E-state index is -0.528. The van der Waals surface area contributed by atoms with Crippen LogP contribution < -0.4 is 10.3 Å². The topological polar surface area (TPSA) is 83.3 Å². The number of thiazole rings is 1. The molecule has 0 saturated carbocycles. The lowest BCUT2D eigenvalue weighted by Gasteiger charge is -2.06. The molecule has 0 spiro atoms.